The summed E-state index contributed by atoms with van der Waals surface area (Å²) in [5, 5.41) is 4.84. The summed E-state index contributed by atoms with van der Waals surface area (Å²) in [5.74, 6) is 0. The Hall–Kier alpha value is -1.77. The molecule has 1 aliphatic rings. The van der Waals surface area contributed by atoms with Crippen molar-refractivity contribution in [3.05, 3.63) is 29.5 Å². The molecule has 0 spiro atoms. The Labute approximate surface area is 127 Å². The zero-order chi connectivity index (χ0) is 14.8. The van der Waals surface area contributed by atoms with Crippen molar-refractivity contribution < 1.29 is 0 Å². The minimum atomic E-state index is 0.944. The molecule has 0 bridgehead atoms. The molecule has 21 heavy (non-hydrogen) atoms. The summed E-state index contributed by atoms with van der Waals surface area (Å²) in [6, 6.07) is 6.72. The van der Waals surface area contributed by atoms with Crippen molar-refractivity contribution in [1.82, 2.24) is 4.98 Å². The minimum Gasteiger partial charge on any atom is -0.384 e. The van der Waals surface area contributed by atoms with Gasteiger partial charge in [0.15, 0.2) is 0 Å². The van der Waals surface area contributed by atoms with E-state index in [4.69, 9.17) is 4.98 Å². The largest absolute Gasteiger partial charge is 0.384 e. The number of benzene rings is 1. The van der Waals surface area contributed by atoms with E-state index >= 15 is 0 Å². The van der Waals surface area contributed by atoms with Gasteiger partial charge in [-0.15, -0.1) is 0 Å². The second kappa shape index (κ2) is 5.92. The van der Waals surface area contributed by atoms with Crippen molar-refractivity contribution in [2.45, 2.75) is 40.0 Å². The molecule has 0 radical (unpaired) electrons. The summed E-state index contributed by atoms with van der Waals surface area (Å²) < 4.78 is 0. The molecule has 2 aromatic rings. The highest BCUT2D eigenvalue weighted by molar-refractivity contribution is 5.95. The molecule has 0 aliphatic carbocycles. The summed E-state index contributed by atoms with van der Waals surface area (Å²) in [6.45, 7) is 9.79. The summed E-state index contributed by atoms with van der Waals surface area (Å²) in [7, 11) is 0. The molecule has 1 aliphatic heterocycles. The number of rotatable bonds is 4. The van der Waals surface area contributed by atoms with Crippen LogP contribution in [0.3, 0.4) is 0 Å². The first-order chi connectivity index (χ1) is 10.2. The molecule has 1 aromatic heterocycles. The monoisotopic (exact) mass is 283 g/mol. The summed E-state index contributed by atoms with van der Waals surface area (Å²) >= 11 is 0. The molecule has 2 heterocycles. The summed E-state index contributed by atoms with van der Waals surface area (Å²) in [6.07, 6.45) is 3.64. The topological polar surface area (TPSA) is 28.2 Å². The smallest absolute Gasteiger partial charge is 0.0727 e. The fraction of sp³-hybridized carbons (Fsp3) is 0.500. The van der Waals surface area contributed by atoms with Crippen LogP contribution in [0.5, 0.6) is 0 Å². The molecule has 3 nitrogen and oxygen atoms in total. The number of anilines is 2. The van der Waals surface area contributed by atoms with E-state index in [2.05, 4.69) is 49.2 Å². The number of nitrogens with zero attached hydrogens (tertiary/aromatic N) is 2. The highest BCUT2D eigenvalue weighted by Crippen LogP contribution is 2.32. The molecule has 1 N–H and O–H groups in total. The molecule has 3 heteroatoms. The van der Waals surface area contributed by atoms with Crippen molar-refractivity contribution in [1.29, 1.82) is 0 Å². The zero-order valence-corrected chi connectivity index (χ0v) is 13.4. The van der Waals surface area contributed by atoms with Crippen LogP contribution in [-0.2, 0) is 6.42 Å². The Morgan fingerprint density at radius 3 is 2.62 bits per heavy atom. The number of aromatic nitrogens is 1. The fourth-order valence-corrected chi connectivity index (χ4v) is 3.40. The number of hydrogen-bond donors (Lipinski definition) is 1. The van der Waals surface area contributed by atoms with Gasteiger partial charge >= 0.3 is 0 Å². The van der Waals surface area contributed by atoms with Crippen LogP contribution in [0, 0.1) is 6.92 Å². The molecule has 1 fully saturated rings. The van der Waals surface area contributed by atoms with Gasteiger partial charge in [-0.25, -0.2) is 0 Å². The van der Waals surface area contributed by atoms with Crippen molar-refractivity contribution in [3.63, 3.8) is 0 Å². The van der Waals surface area contributed by atoms with Crippen LogP contribution in [0.2, 0.25) is 0 Å². The van der Waals surface area contributed by atoms with Gasteiger partial charge in [-0.3, -0.25) is 4.98 Å². The van der Waals surface area contributed by atoms with Crippen LogP contribution in [0.25, 0.3) is 10.9 Å². The predicted molar refractivity (Wildman–Crippen MR) is 91.5 cm³/mol. The van der Waals surface area contributed by atoms with E-state index in [1.807, 2.05) is 0 Å². The van der Waals surface area contributed by atoms with E-state index in [9.17, 15) is 0 Å². The zero-order valence-electron chi connectivity index (χ0n) is 13.4. The van der Waals surface area contributed by atoms with E-state index in [1.54, 1.807) is 0 Å². The molecule has 3 rings (SSSR count). The molecule has 0 atom stereocenters. The third kappa shape index (κ3) is 2.57. The van der Waals surface area contributed by atoms with Gasteiger partial charge in [0.25, 0.3) is 0 Å². The van der Waals surface area contributed by atoms with Crippen LogP contribution >= 0.6 is 0 Å². The first-order valence-corrected chi connectivity index (χ1v) is 8.16. The maximum atomic E-state index is 4.80. The highest BCUT2D eigenvalue weighted by atomic mass is 15.1. The van der Waals surface area contributed by atoms with E-state index in [-0.39, 0.29) is 0 Å². The lowest BCUT2D eigenvalue weighted by Crippen LogP contribution is -2.17. The Balaban J connectivity index is 2.16. The molecule has 112 valence electrons. The predicted octanol–water partition coefficient (Wildman–Crippen LogP) is 4.14. The standard InChI is InChI=1S/C18H25N3/c1-4-15-13(3)20-17-9-8-14(21-10-6-7-11-21)12-16(17)18(15)19-5-2/h8-9,12H,4-7,10-11H2,1-3H3,(H,19,20). The molecular weight excluding hydrogens is 258 g/mol. The average molecular weight is 283 g/mol. The molecule has 0 saturated carbocycles. The number of fused-ring (bicyclic) bond motifs is 1. The SMILES string of the molecule is CCNc1c(CC)c(C)nc2ccc(N3CCCC3)cc12. The van der Waals surface area contributed by atoms with Gasteiger partial charge in [0, 0.05) is 42.1 Å². The quantitative estimate of drug-likeness (QED) is 0.914. The van der Waals surface area contributed by atoms with Gasteiger partial charge in [-0.2, -0.15) is 0 Å². The average Bonchev–Trinajstić information content (AvgIpc) is 3.01. The van der Waals surface area contributed by atoms with Gasteiger partial charge in [-0.1, -0.05) is 6.92 Å². The van der Waals surface area contributed by atoms with Crippen molar-refractivity contribution >= 4 is 22.3 Å². The lowest BCUT2D eigenvalue weighted by atomic mass is 10.0. The molecule has 0 unspecified atom stereocenters. The third-order valence-corrected chi connectivity index (χ3v) is 4.45. The first-order valence-electron chi connectivity index (χ1n) is 8.16. The normalized spacial score (nSPS) is 14.9. The summed E-state index contributed by atoms with van der Waals surface area (Å²) in [4.78, 5) is 7.29. The Bertz CT molecular complexity index is 642. The van der Waals surface area contributed by atoms with Gasteiger partial charge < -0.3 is 10.2 Å². The van der Waals surface area contributed by atoms with Crippen molar-refractivity contribution in [2.24, 2.45) is 0 Å². The van der Waals surface area contributed by atoms with Gasteiger partial charge in [0.1, 0.15) is 0 Å². The Kier molecular flexibility index (Phi) is 4.00. The number of nitrogens with one attached hydrogen (secondary N) is 1. The van der Waals surface area contributed by atoms with E-state index < -0.39 is 0 Å². The second-order valence-corrected chi connectivity index (χ2v) is 5.83. The highest BCUT2D eigenvalue weighted by Gasteiger charge is 2.15. The van der Waals surface area contributed by atoms with E-state index in [0.717, 1.165) is 24.2 Å². The molecule has 1 saturated heterocycles. The molecular formula is C18H25N3. The van der Waals surface area contributed by atoms with Gasteiger partial charge in [-0.05, 0) is 56.9 Å². The van der Waals surface area contributed by atoms with Crippen molar-refractivity contribution in [2.75, 3.05) is 29.9 Å². The van der Waals surface area contributed by atoms with E-state index in [1.165, 1.54) is 48.3 Å². The lowest BCUT2D eigenvalue weighted by Gasteiger charge is -2.20. The summed E-state index contributed by atoms with van der Waals surface area (Å²) in [5.41, 5.74) is 6.22. The third-order valence-electron chi connectivity index (χ3n) is 4.45. The maximum Gasteiger partial charge on any atom is 0.0727 e. The minimum absolute atomic E-state index is 0.944. The number of hydrogen-bond acceptors (Lipinski definition) is 3. The van der Waals surface area contributed by atoms with Crippen LogP contribution in [0.15, 0.2) is 18.2 Å². The maximum absolute atomic E-state index is 4.80. The van der Waals surface area contributed by atoms with Gasteiger partial charge in [0.2, 0.25) is 0 Å². The van der Waals surface area contributed by atoms with E-state index in [0.29, 0.717) is 0 Å². The van der Waals surface area contributed by atoms with Gasteiger partial charge in [0.05, 0.1) is 5.52 Å². The van der Waals surface area contributed by atoms with Crippen LogP contribution in [-0.4, -0.2) is 24.6 Å². The Morgan fingerprint density at radius 1 is 1.19 bits per heavy atom. The molecule has 0 amide bonds. The molecule has 1 aromatic carbocycles. The van der Waals surface area contributed by atoms with Crippen LogP contribution < -0.4 is 10.2 Å². The first kappa shape index (κ1) is 14.2. The van der Waals surface area contributed by atoms with Crippen molar-refractivity contribution in [3.8, 4) is 0 Å². The lowest BCUT2D eigenvalue weighted by molar-refractivity contribution is 0.949. The number of aryl methyl sites for hydroxylation is 1. The number of pyridine rings is 1. The van der Waals surface area contributed by atoms with Crippen LogP contribution in [0.4, 0.5) is 11.4 Å². The Morgan fingerprint density at radius 2 is 1.95 bits per heavy atom. The second-order valence-electron chi connectivity index (χ2n) is 5.83. The van der Waals surface area contributed by atoms with Crippen LogP contribution in [0.1, 0.15) is 37.9 Å². The fourth-order valence-electron chi connectivity index (χ4n) is 3.40.